The van der Waals surface area contributed by atoms with Crippen LogP contribution in [0.5, 0.6) is 0 Å². The Balaban J connectivity index is 1.94. The fourth-order valence-corrected chi connectivity index (χ4v) is 2.58. The van der Waals surface area contributed by atoms with Crippen LogP contribution in [0.2, 0.25) is 0 Å². The minimum absolute atomic E-state index is 0.0709. The summed E-state index contributed by atoms with van der Waals surface area (Å²) in [5.74, 6) is 0.818. The molecule has 0 bridgehead atoms. The standard InChI is InChI=1S/C15H21NO2/c1-2-3-14-8-15(18)16(10-14)9-12-4-6-13(11-17)7-5-12/h4-7,14,17H,2-3,8-11H2,1H3. The van der Waals surface area contributed by atoms with Gasteiger partial charge in [0.2, 0.25) is 5.91 Å². The van der Waals surface area contributed by atoms with E-state index in [4.69, 9.17) is 5.11 Å². The third-order valence-corrected chi connectivity index (χ3v) is 3.57. The van der Waals surface area contributed by atoms with Crippen molar-refractivity contribution in [3.8, 4) is 0 Å². The summed E-state index contributed by atoms with van der Waals surface area (Å²) in [5, 5.41) is 8.98. The summed E-state index contributed by atoms with van der Waals surface area (Å²) >= 11 is 0. The van der Waals surface area contributed by atoms with Gasteiger partial charge in [0.25, 0.3) is 0 Å². The number of nitrogens with zero attached hydrogens (tertiary/aromatic N) is 1. The van der Waals surface area contributed by atoms with Crippen LogP contribution < -0.4 is 0 Å². The Morgan fingerprint density at radius 2 is 1.94 bits per heavy atom. The molecule has 1 aliphatic heterocycles. The van der Waals surface area contributed by atoms with Crippen molar-refractivity contribution in [2.24, 2.45) is 5.92 Å². The van der Waals surface area contributed by atoms with Crippen LogP contribution in [0.1, 0.15) is 37.3 Å². The summed E-state index contributed by atoms with van der Waals surface area (Å²) in [6, 6.07) is 7.82. The second-order valence-corrected chi connectivity index (χ2v) is 5.11. The Morgan fingerprint density at radius 3 is 2.56 bits per heavy atom. The second kappa shape index (κ2) is 6.01. The zero-order valence-corrected chi connectivity index (χ0v) is 10.9. The Labute approximate surface area is 108 Å². The molecule has 0 aromatic heterocycles. The van der Waals surface area contributed by atoms with Gasteiger partial charge in [-0.15, -0.1) is 0 Å². The van der Waals surface area contributed by atoms with Gasteiger partial charge in [0.15, 0.2) is 0 Å². The highest BCUT2D eigenvalue weighted by Crippen LogP contribution is 2.23. The molecular formula is C15H21NO2. The fourth-order valence-electron chi connectivity index (χ4n) is 2.58. The largest absolute Gasteiger partial charge is 0.392 e. The summed E-state index contributed by atoms with van der Waals surface area (Å²) < 4.78 is 0. The fraction of sp³-hybridized carbons (Fsp3) is 0.533. The van der Waals surface area contributed by atoms with Crippen LogP contribution in [-0.4, -0.2) is 22.5 Å². The first kappa shape index (κ1) is 13.1. The van der Waals surface area contributed by atoms with Crippen molar-refractivity contribution in [3.05, 3.63) is 35.4 Å². The first-order chi connectivity index (χ1) is 8.72. The topological polar surface area (TPSA) is 40.5 Å². The summed E-state index contributed by atoms with van der Waals surface area (Å²) in [4.78, 5) is 13.8. The van der Waals surface area contributed by atoms with E-state index in [2.05, 4.69) is 6.92 Å². The maximum atomic E-state index is 11.9. The van der Waals surface area contributed by atoms with E-state index in [1.54, 1.807) is 0 Å². The van der Waals surface area contributed by atoms with E-state index in [1.165, 1.54) is 0 Å². The molecule has 1 N–H and O–H groups in total. The lowest BCUT2D eigenvalue weighted by molar-refractivity contribution is -0.128. The molecule has 1 heterocycles. The Bertz CT molecular complexity index is 399. The number of amides is 1. The van der Waals surface area contributed by atoms with Gasteiger partial charge in [-0.3, -0.25) is 4.79 Å². The molecular weight excluding hydrogens is 226 g/mol. The summed E-state index contributed by atoms with van der Waals surface area (Å²) in [7, 11) is 0. The van der Waals surface area contributed by atoms with Gasteiger partial charge in [-0.2, -0.15) is 0 Å². The van der Waals surface area contributed by atoms with Crippen LogP contribution in [0.3, 0.4) is 0 Å². The highest BCUT2D eigenvalue weighted by molar-refractivity contribution is 5.78. The number of likely N-dealkylation sites (tertiary alicyclic amines) is 1. The number of aliphatic hydroxyl groups is 1. The van der Waals surface area contributed by atoms with Gasteiger partial charge in [0.1, 0.15) is 0 Å². The maximum Gasteiger partial charge on any atom is 0.223 e. The molecule has 0 saturated carbocycles. The van der Waals surface area contributed by atoms with E-state index >= 15 is 0 Å². The Kier molecular flexibility index (Phi) is 4.37. The average molecular weight is 247 g/mol. The van der Waals surface area contributed by atoms with Crippen molar-refractivity contribution >= 4 is 5.91 Å². The van der Waals surface area contributed by atoms with Crippen LogP contribution in [0.15, 0.2) is 24.3 Å². The molecule has 18 heavy (non-hydrogen) atoms. The number of aliphatic hydroxyl groups excluding tert-OH is 1. The minimum atomic E-state index is 0.0709. The van der Waals surface area contributed by atoms with E-state index in [0.29, 0.717) is 18.9 Å². The number of carbonyl (C=O) groups excluding carboxylic acids is 1. The molecule has 98 valence electrons. The zero-order chi connectivity index (χ0) is 13.0. The third kappa shape index (κ3) is 3.10. The number of rotatable bonds is 5. The van der Waals surface area contributed by atoms with Crippen molar-refractivity contribution in [2.75, 3.05) is 6.54 Å². The lowest BCUT2D eigenvalue weighted by Gasteiger charge is -2.16. The van der Waals surface area contributed by atoms with Crippen LogP contribution >= 0.6 is 0 Å². The van der Waals surface area contributed by atoms with Crippen LogP contribution in [0, 0.1) is 5.92 Å². The molecule has 0 spiro atoms. The van der Waals surface area contributed by atoms with E-state index in [9.17, 15) is 4.79 Å². The molecule has 0 aliphatic carbocycles. The average Bonchev–Trinajstić information content (AvgIpc) is 2.71. The molecule has 1 saturated heterocycles. The molecule has 1 aromatic rings. The molecule has 0 radical (unpaired) electrons. The van der Waals surface area contributed by atoms with Gasteiger partial charge in [-0.1, -0.05) is 37.6 Å². The molecule has 1 aliphatic rings. The van der Waals surface area contributed by atoms with E-state index in [-0.39, 0.29) is 12.5 Å². The molecule has 1 aromatic carbocycles. The first-order valence-electron chi connectivity index (χ1n) is 6.69. The molecule has 1 amide bonds. The Morgan fingerprint density at radius 1 is 1.28 bits per heavy atom. The van der Waals surface area contributed by atoms with Crippen molar-refractivity contribution in [1.29, 1.82) is 0 Å². The highest BCUT2D eigenvalue weighted by atomic mass is 16.3. The van der Waals surface area contributed by atoms with Gasteiger partial charge in [0.05, 0.1) is 6.61 Å². The van der Waals surface area contributed by atoms with Gasteiger partial charge in [-0.25, -0.2) is 0 Å². The first-order valence-corrected chi connectivity index (χ1v) is 6.69. The number of hydrogen-bond acceptors (Lipinski definition) is 2. The minimum Gasteiger partial charge on any atom is -0.392 e. The van der Waals surface area contributed by atoms with E-state index in [1.807, 2.05) is 29.2 Å². The zero-order valence-electron chi connectivity index (χ0n) is 10.9. The summed E-state index contributed by atoms with van der Waals surface area (Å²) in [6.07, 6.45) is 3.01. The quantitative estimate of drug-likeness (QED) is 0.867. The SMILES string of the molecule is CCCC1CC(=O)N(Cc2ccc(CO)cc2)C1. The van der Waals surface area contributed by atoms with E-state index < -0.39 is 0 Å². The van der Waals surface area contributed by atoms with Gasteiger partial charge < -0.3 is 10.0 Å². The van der Waals surface area contributed by atoms with Gasteiger partial charge in [0, 0.05) is 19.5 Å². The summed E-state index contributed by atoms with van der Waals surface area (Å²) in [6.45, 7) is 3.83. The van der Waals surface area contributed by atoms with E-state index in [0.717, 1.165) is 30.5 Å². The second-order valence-electron chi connectivity index (χ2n) is 5.11. The highest BCUT2D eigenvalue weighted by Gasteiger charge is 2.28. The van der Waals surface area contributed by atoms with Gasteiger partial charge >= 0.3 is 0 Å². The third-order valence-electron chi connectivity index (χ3n) is 3.57. The molecule has 1 fully saturated rings. The van der Waals surface area contributed by atoms with Crippen molar-refractivity contribution in [3.63, 3.8) is 0 Å². The van der Waals surface area contributed by atoms with Crippen molar-refractivity contribution < 1.29 is 9.90 Å². The summed E-state index contributed by atoms with van der Waals surface area (Å²) in [5.41, 5.74) is 2.05. The van der Waals surface area contributed by atoms with Crippen molar-refractivity contribution in [2.45, 2.75) is 39.3 Å². The molecule has 3 nitrogen and oxygen atoms in total. The van der Waals surface area contributed by atoms with Crippen LogP contribution in [0.25, 0.3) is 0 Å². The lowest BCUT2D eigenvalue weighted by Crippen LogP contribution is -2.24. The predicted octanol–water partition coefficient (Wildman–Crippen LogP) is 2.33. The monoisotopic (exact) mass is 247 g/mol. The van der Waals surface area contributed by atoms with Crippen molar-refractivity contribution in [1.82, 2.24) is 4.90 Å². The van der Waals surface area contributed by atoms with Crippen LogP contribution in [-0.2, 0) is 17.9 Å². The predicted molar refractivity (Wildman–Crippen MR) is 70.8 cm³/mol. The molecule has 1 unspecified atom stereocenters. The molecule has 1 atom stereocenters. The maximum absolute atomic E-state index is 11.9. The molecule has 2 rings (SSSR count). The normalized spacial score (nSPS) is 19.6. The molecule has 3 heteroatoms. The van der Waals surface area contributed by atoms with Crippen LogP contribution in [0.4, 0.5) is 0 Å². The number of carbonyl (C=O) groups is 1. The number of hydrogen-bond donors (Lipinski definition) is 1. The lowest BCUT2D eigenvalue weighted by atomic mass is 10.0. The van der Waals surface area contributed by atoms with Gasteiger partial charge in [-0.05, 0) is 23.5 Å². The Hall–Kier alpha value is -1.35. The number of benzene rings is 1. The smallest absolute Gasteiger partial charge is 0.223 e.